The zero-order valence-corrected chi connectivity index (χ0v) is 16.3. The fraction of sp³-hybridized carbons (Fsp3) is 0.500. The molecule has 2 heterocycles. The number of nitrogens with one attached hydrogen (secondary N) is 1. The smallest absolute Gasteiger partial charge is 0.0493 e. The highest BCUT2D eigenvalue weighted by Gasteiger charge is 2.46. The van der Waals surface area contributed by atoms with Crippen molar-refractivity contribution < 1.29 is 0 Å². The quantitative estimate of drug-likeness (QED) is 0.746. The van der Waals surface area contributed by atoms with Gasteiger partial charge < -0.3 is 5.32 Å². The van der Waals surface area contributed by atoms with Crippen LogP contribution in [0.3, 0.4) is 0 Å². The average molecular weight is 357 g/mol. The Bertz CT molecular complexity index is 715. The molecule has 0 bridgehead atoms. The van der Waals surface area contributed by atoms with Crippen LogP contribution in [0.1, 0.15) is 69.2 Å². The fourth-order valence-corrected chi connectivity index (χ4v) is 4.82. The van der Waals surface area contributed by atoms with Crippen molar-refractivity contribution in [3.8, 4) is 0 Å². The molecule has 134 valence electrons. The highest BCUT2D eigenvalue weighted by atomic mass is 35.5. The molecule has 0 amide bonds. The van der Waals surface area contributed by atoms with Crippen LogP contribution >= 0.6 is 11.6 Å². The SMILES string of the molecule is CC.CCC1CC2(CCN1)CC(c1cc(Cl)ccn1)c1ccccc12. The predicted octanol–water partition coefficient (Wildman–Crippen LogP) is 5.70. The Morgan fingerprint density at radius 2 is 2.00 bits per heavy atom. The number of rotatable bonds is 2. The van der Waals surface area contributed by atoms with Gasteiger partial charge in [-0.3, -0.25) is 4.98 Å². The lowest BCUT2D eigenvalue weighted by atomic mass is 9.71. The van der Waals surface area contributed by atoms with Gasteiger partial charge in [-0.1, -0.05) is 56.6 Å². The maximum absolute atomic E-state index is 6.22. The van der Waals surface area contributed by atoms with Gasteiger partial charge >= 0.3 is 0 Å². The van der Waals surface area contributed by atoms with Gasteiger partial charge in [-0.05, 0) is 60.9 Å². The topological polar surface area (TPSA) is 24.9 Å². The standard InChI is InChI=1S/C20H23ClN2.C2H6/c1-2-15-12-20(8-10-22-15)13-17(16-5-3-4-6-18(16)20)19-11-14(21)7-9-23-19;1-2/h3-7,9,11,15,17,22H,2,8,10,12-13H2,1H3;1-2H3. The molecule has 2 aromatic rings. The lowest BCUT2D eigenvalue weighted by Gasteiger charge is -2.40. The van der Waals surface area contributed by atoms with Crippen molar-refractivity contribution in [1.82, 2.24) is 10.3 Å². The zero-order chi connectivity index (χ0) is 17.9. The Morgan fingerprint density at radius 3 is 2.76 bits per heavy atom. The van der Waals surface area contributed by atoms with Crippen molar-refractivity contribution in [3.05, 3.63) is 64.4 Å². The summed E-state index contributed by atoms with van der Waals surface area (Å²) in [6.07, 6.45) is 6.65. The first-order valence-electron chi connectivity index (χ1n) is 9.66. The van der Waals surface area contributed by atoms with Crippen LogP contribution in [-0.2, 0) is 5.41 Å². The van der Waals surface area contributed by atoms with Gasteiger partial charge in [0, 0.05) is 28.9 Å². The number of pyridine rings is 1. The van der Waals surface area contributed by atoms with E-state index < -0.39 is 0 Å². The second-order valence-electron chi connectivity index (χ2n) is 7.04. The summed E-state index contributed by atoms with van der Waals surface area (Å²) < 4.78 is 0. The molecule has 0 saturated carbocycles. The summed E-state index contributed by atoms with van der Waals surface area (Å²) in [4.78, 5) is 4.64. The van der Waals surface area contributed by atoms with Gasteiger partial charge in [0.15, 0.2) is 0 Å². The van der Waals surface area contributed by atoms with Gasteiger partial charge in [-0.15, -0.1) is 0 Å². The van der Waals surface area contributed by atoms with Crippen LogP contribution in [0.4, 0.5) is 0 Å². The van der Waals surface area contributed by atoms with Crippen LogP contribution in [0, 0.1) is 0 Å². The number of piperidine rings is 1. The largest absolute Gasteiger partial charge is 0.314 e. The lowest BCUT2D eigenvalue weighted by Crippen LogP contribution is -2.45. The summed E-state index contributed by atoms with van der Waals surface area (Å²) in [6, 6.07) is 13.5. The molecule has 2 aliphatic rings. The fourth-order valence-electron chi connectivity index (χ4n) is 4.65. The molecular weight excluding hydrogens is 328 g/mol. The van der Waals surface area contributed by atoms with Crippen molar-refractivity contribution >= 4 is 11.6 Å². The maximum Gasteiger partial charge on any atom is 0.0493 e. The van der Waals surface area contributed by atoms with Crippen molar-refractivity contribution in [3.63, 3.8) is 0 Å². The third kappa shape index (κ3) is 3.47. The van der Waals surface area contributed by atoms with E-state index in [1.807, 2.05) is 32.2 Å². The minimum atomic E-state index is 0.303. The van der Waals surface area contributed by atoms with Gasteiger partial charge in [0.2, 0.25) is 0 Å². The Hall–Kier alpha value is -1.38. The van der Waals surface area contributed by atoms with E-state index >= 15 is 0 Å². The molecule has 4 rings (SSSR count). The molecular formula is C22H29ClN2. The van der Waals surface area contributed by atoms with Crippen LogP contribution in [0.25, 0.3) is 0 Å². The number of aromatic nitrogens is 1. The monoisotopic (exact) mass is 356 g/mol. The van der Waals surface area contributed by atoms with E-state index in [-0.39, 0.29) is 0 Å². The first-order valence-corrected chi connectivity index (χ1v) is 10.0. The highest BCUT2D eigenvalue weighted by molar-refractivity contribution is 6.30. The van der Waals surface area contributed by atoms with Crippen molar-refractivity contribution in [2.24, 2.45) is 0 Å². The molecule has 3 atom stereocenters. The number of hydrogen-bond acceptors (Lipinski definition) is 2. The summed E-state index contributed by atoms with van der Waals surface area (Å²) >= 11 is 6.22. The van der Waals surface area contributed by atoms with E-state index in [0.29, 0.717) is 17.4 Å². The molecule has 1 fully saturated rings. The Kier molecular flexibility index (Phi) is 5.81. The molecule has 1 aromatic heterocycles. The van der Waals surface area contributed by atoms with Gasteiger partial charge in [0.05, 0.1) is 0 Å². The van der Waals surface area contributed by atoms with Crippen molar-refractivity contribution in [2.75, 3.05) is 6.54 Å². The van der Waals surface area contributed by atoms with Crippen LogP contribution in [0.2, 0.25) is 5.02 Å². The van der Waals surface area contributed by atoms with E-state index in [0.717, 1.165) is 23.7 Å². The Balaban J connectivity index is 0.000000880. The van der Waals surface area contributed by atoms with Crippen molar-refractivity contribution in [2.45, 2.75) is 63.8 Å². The summed E-state index contributed by atoms with van der Waals surface area (Å²) in [5.74, 6) is 0.375. The Morgan fingerprint density at radius 1 is 1.20 bits per heavy atom. The summed E-state index contributed by atoms with van der Waals surface area (Å²) in [5, 5.41) is 4.46. The molecule has 1 saturated heterocycles. The van der Waals surface area contributed by atoms with E-state index in [9.17, 15) is 0 Å². The number of fused-ring (bicyclic) bond motifs is 2. The summed E-state index contributed by atoms with van der Waals surface area (Å²) in [6.45, 7) is 7.40. The number of nitrogens with zero attached hydrogens (tertiary/aromatic N) is 1. The zero-order valence-electron chi connectivity index (χ0n) is 15.6. The molecule has 2 nitrogen and oxygen atoms in total. The van der Waals surface area contributed by atoms with Crippen LogP contribution in [0.15, 0.2) is 42.6 Å². The van der Waals surface area contributed by atoms with E-state index in [4.69, 9.17) is 11.6 Å². The Labute approximate surface area is 157 Å². The van der Waals surface area contributed by atoms with E-state index in [1.165, 1.54) is 24.8 Å². The minimum absolute atomic E-state index is 0.303. The first kappa shape index (κ1) is 18.4. The molecule has 1 N–H and O–H groups in total. The molecule has 1 aliphatic carbocycles. The molecule has 3 heteroatoms. The molecule has 1 aliphatic heterocycles. The van der Waals surface area contributed by atoms with Gasteiger partial charge in [-0.2, -0.15) is 0 Å². The summed E-state index contributed by atoms with van der Waals surface area (Å²) in [7, 11) is 0. The van der Waals surface area contributed by atoms with Crippen LogP contribution in [0.5, 0.6) is 0 Å². The second kappa shape index (κ2) is 7.88. The molecule has 1 spiro atoms. The average Bonchev–Trinajstić information content (AvgIpc) is 2.98. The van der Waals surface area contributed by atoms with Crippen molar-refractivity contribution in [1.29, 1.82) is 0 Å². The first-order chi connectivity index (χ1) is 12.2. The lowest BCUT2D eigenvalue weighted by molar-refractivity contribution is 0.241. The number of benzene rings is 1. The second-order valence-corrected chi connectivity index (χ2v) is 7.47. The molecule has 0 radical (unpaired) electrons. The normalized spacial score (nSPS) is 27.5. The summed E-state index contributed by atoms with van der Waals surface area (Å²) in [5.41, 5.74) is 4.43. The minimum Gasteiger partial charge on any atom is -0.314 e. The molecule has 3 unspecified atom stereocenters. The van der Waals surface area contributed by atoms with Crippen LogP contribution in [-0.4, -0.2) is 17.6 Å². The van der Waals surface area contributed by atoms with E-state index in [1.54, 1.807) is 5.56 Å². The van der Waals surface area contributed by atoms with Gasteiger partial charge in [0.25, 0.3) is 0 Å². The van der Waals surface area contributed by atoms with Crippen LogP contribution < -0.4 is 5.32 Å². The third-order valence-electron chi connectivity index (χ3n) is 5.77. The highest BCUT2D eigenvalue weighted by Crippen LogP contribution is 2.53. The van der Waals surface area contributed by atoms with Gasteiger partial charge in [-0.25, -0.2) is 0 Å². The molecule has 1 aromatic carbocycles. The third-order valence-corrected chi connectivity index (χ3v) is 6.00. The molecule has 25 heavy (non-hydrogen) atoms. The number of hydrogen-bond donors (Lipinski definition) is 1. The van der Waals surface area contributed by atoms with Gasteiger partial charge in [0.1, 0.15) is 0 Å². The predicted molar refractivity (Wildman–Crippen MR) is 106 cm³/mol. The maximum atomic E-state index is 6.22. The number of halogens is 1. The van der Waals surface area contributed by atoms with E-state index in [2.05, 4.69) is 41.5 Å².